The van der Waals surface area contributed by atoms with Gasteiger partial charge in [0.15, 0.2) is 0 Å². The second-order valence-corrected chi connectivity index (χ2v) is 24.5. The Bertz CT molecular complexity index is 6360. The molecule has 0 bridgehead atoms. The first kappa shape index (κ1) is 46.2. The molecule has 0 saturated heterocycles. The summed E-state index contributed by atoms with van der Waals surface area (Å²) in [4.78, 5) is 0. The second kappa shape index (κ2) is 16.8. The summed E-state index contributed by atoms with van der Waals surface area (Å²) in [6.07, 6.45) is 0. The zero-order chi connectivity index (χ0) is 56.3. The van der Waals surface area contributed by atoms with Crippen LogP contribution >= 0.6 is 0 Å². The number of aromatic nitrogens is 2. The Morgan fingerprint density at radius 1 is 0.218 bits per heavy atom. The molecule has 0 fully saturated rings. The van der Waals surface area contributed by atoms with Crippen LogP contribution in [0.3, 0.4) is 0 Å². The Morgan fingerprint density at radius 2 is 0.586 bits per heavy atom. The summed E-state index contributed by atoms with van der Waals surface area (Å²) < 4.78 is 5.36. The first-order chi connectivity index (χ1) is 43.2. The fourth-order valence-electron chi connectivity index (χ4n) is 16.8. The summed E-state index contributed by atoms with van der Waals surface area (Å²) in [5, 5.41) is 27.9. The molecule has 2 aliphatic heterocycles. The van der Waals surface area contributed by atoms with Crippen molar-refractivity contribution in [1.82, 2.24) is 9.13 Å². The number of rotatable bonds is 3. The van der Waals surface area contributed by atoms with Gasteiger partial charge in [-0.1, -0.05) is 231 Å². The highest BCUT2D eigenvalue weighted by molar-refractivity contribution is 7.00. The maximum absolute atomic E-state index is 2.71. The first-order valence-corrected chi connectivity index (χ1v) is 30.5. The lowest BCUT2D eigenvalue weighted by Gasteiger charge is -2.34. The number of benzene rings is 17. The van der Waals surface area contributed by atoms with E-state index in [0.717, 1.165) is 0 Å². The topological polar surface area (TPSA) is 9.86 Å². The molecule has 21 rings (SSSR count). The van der Waals surface area contributed by atoms with Gasteiger partial charge in [0.1, 0.15) is 0 Å². The fraction of sp³-hybridized carbons (Fsp3) is 0. The van der Waals surface area contributed by atoms with Crippen LogP contribution in [0.1, 0.15) is 0 Å². The van der Waals surface area contributed by atoms with Gasteiger partial charge in [-0.25, -0.2) is 0 Å². The molecule has 0 unspecified atom stereocenters. The third kappa shape index (κ3) is 6.00. The molecule has 0 saturated carbocycles. The van der Waals surface area contributed by atoms with Gasteiger partial charge in [-0.05, 0) is 196 Å². The normalized spacial score (nSPS) is 12.8. The molecule has 17 aromatic carbocycles. The van der Waals surface area contributed by atoms with Crippen LogP contribution in [0, 0.1) is 0 Å². The average Bonchev–Trinajstić information content (AvgIpc) is 1.58. The Hall–Kier alpha value is -11.3. The monoisotopic (exact) mass is 1090 g/mol. The summed E-state index contributed by atoms with van der Waals surface area (Å²) >= 11 is 0. The minimum Gasteiger partial charge on any atom is -0.310 e. The Labute approximate surface area is 499 Å². The highest BCUT2D eigenvalue weighted by atomic mass is 15.0. The van der Waals surface area contributed by atoms with E-state index in [0.29, 0.717) is 0 Å². The summed E-state index contributed by atoms with van der Waals surface area (Å²) in [5.74, 6) is 0. The van der Waals surface area contributed by atoms with Gasteiger partial charge in [0.25, 0.3) is 6.71 Å². The van der Waals surface area contributed by atoms with Gasteiger partial charge in [0.05, 0.1) is 11.0 Å². The van der Waals surface area contributed by atoms with Gasteiger partial charge in [-0.3, -0.25) is 0 Å². The van der Waals surface area contributed by atoms with Crippen molar-refractivity contribution >= 4 is 164 Å². The molecular weight excluding hydrogens is 1050 g/mol. The van der Waals surface area contributed by atoms with E-state index in [-0.39, 0.29) is 6.71 Å². The van der Waals surface area contributed by atoms with Gasteiger partial charge in [-0.2, -0.15) is 0 Å². The SMILES string of the molecule is c1cc2c3c(c1)-n1c4c(cc(-c5cc6ccccc6c6ccccc56)cc4c4ccc5c6ccccc6c6ccccc6c5c41)B3c1cc(-c3cc4ccccc4c4ccccc34)cc3c4cc(-c5cc6ccccc6c6ccccc56)ccc4n-2c13. The lowest BCUT2D eigenvalue weighted by Crippen LogP contribution is -2.59. The van der Waals surface area contributed by atoms with Crippen LogP contribution < -0.4 is 16.4 Å². The molecular formula is C84H47BN2. The van der Waals surface area contributed by atoms with Gasteiger partial charge >= 0.3 is 0 Å². The quantitative estimate of drug-likeness (QED) is 0.123. The lowest BCUT2D eigenvalue weighted by atomic mass is 9.34. The molecule has 3 heteroatoms. The summed E-state index contributed by atoms with van der Waals surface area (Å²) in [6, 6.07) is 109. The first-order valence-electron chi connectivity index (χ1n) is 30.5. The van der Waals surface area contributed by atoms with E-state index < -0.39 is 0 Å². The molecule has 0 radical (unpaired) electrons. The smallest absolute Gasteiger partial charge is 0.252 e. The molecule has 2 aliphatic rings. The zero-order valence-electron chi connectivity index (χ0n) is 47.1. The van der Waals surface area contributed by atoms with E-state index in [9.17, 15) is 0 Å². The Balaban J connectivity index is 0.947. The maximum atomic E-state index is 2.71. The van der Waals surface area contributed by atoms with Crippen LogP contribution in [0.4, 0.5) is 0 Å². The highest BCUT2D eigenvalue weighted by Crippen LogP contribution is 2.48. The van der Waals surface area contributed by atoms with Crippen LogP contribution in [0.5, 0.6) is 0 Å². The van der Waals surface area contributed by atoms with E-state index in [1.54, 1.807) is 0 Å². The van der Waals surface area contributed by atoms with E-state index >= 15 is 0 Å². The number of fused-ring (bicyclic) bond motifs is 26. The number of hydrogen-bond donors (Lipinski definition) is 0. The molecule has 396 valence electrons. The van der Waals surface area contributed by atoms with Crippen molar-refractivity contribution in [3.63, 3.8) is 0 Å². The van der Waals surface area contributed by atoms with E-state index in [1.165, 1.54) is 202 Å². The predicted octanol–water partition coefficient (Wildman–Crippen LogP) is 20.4. The highest BCUT2D eigenvalue weighted by Gasteiger charge is 2.42. The van der Waals surface area contributed by atoms with Gasteiger partial charge < -0.3 is 9.13 Å². The minimum absolute atomic E-state index is 0.124. The third-order valence-electron chi connectivity index (χ3n) is 20.3. The zero-order valence-corrected chi connectivity index (χ0v) is 47.1. The van der Waals surface area contributed by atoms with Crippen molar-refractivity contribution in [2.45, 2.75) is 0 Å². The molecule has 0 N–H and O–H groups in total. The third-order valence-corrected chi connectivity index (χ3v) is 20.3. The molecule has 87 heavy (non-hydrogen) atoms. The van der Waals surface area contributed by atoms with E-state index in [1.807, 2.05) is 0 Å². The minimum atomic E-state index is -0.124. The number of nitrogens with zero attached hydrogens (tertiary/aromatic N) is 2. The van der Waals surface area contributed by atoms with Crippen LogP contribution in [0.15, 0.2) is 285 Å². The largest absolute Gasteiger partial charge is 0.310 e. The van der Waals surface area contributed by atoms with Gasteiger partial charge in [0.2, 0.25) is 0 Å². The van der Waals surface area contributed by atoms with Crippen molar-refractivity contribution in [2.75, 3.05) is 0 Å². The molecule has 0 amide bonds. The van der Waals surface area contributed by atoms with Crippen molar-refractivity contribution in [3.8, 4) is 44.8 Å². The van der Waals surface area contributed by atoms with E-state index in [4.69, 9.17) is 0 Å². The maximum Gasteiger partial charge on any atom is 0.252 e. The molecule has 2 nitrogen and oxygen atoms in total. The predicted molar refractivity (Wildman–Crippen MR) is 374 cm³/mol. The van der Waals surface area contributed by atoms with Gasteiger partial charge in [-0.15, -0.1) is 0 Å². The summed E-state index contributed by atoms with van der Waals surface area (Å²) in [6.45, 7) is -0.124. The fourth-order valence-corrected chi connectivity index (χ4v) is 16.8. The molecule has 0 spiro atoms. The Kier molecular flexibility index (Phi) is 8.89. The molecule has 0 atom stereocenters. The van der Waals surface area contributed by atoms with Gasteiger partial charge in [0, 0.05) is 49.3 Å². The average molecular weight is 1100 g/mol. The second-order valence-electron chi connectivity index (χ2n) is 24.5. The van der Waals surface area contributed by atoms with Crippen molar-refractivity contribution in [1.29, 1.82) is 0 Å². The molecule has 4 heterocycles. The molecule has 19 aromatic rings. The van der Waals surface area contributed by atoms with Crippen LogP contribution in [0.2, 0.25) is 0 Å². The van der Waals surface area contributed by atoms with Crippen LogP contribution in [0.25, 0.3) is 185 Å². The van der Waals surface area contributed by atoms with E-state index in [2.05, 4.69) is 294 Å². The molecule has 0 aliphatic carbocycles. The Morgan fingerprint density at radius 3 is 1.10 bits per heavy atom. The molecule has 2 aromatic heterocycles. The van der Waals surface area contributed by atoms with Crippen molar-refractivity contribution in [2.24, 2.45) is 0 Å². The number of hydrogen-bond acceptors (Lipinski definition) is 0. The van der Waals surface area contributed by atoms with Crippen molar-refractivity contribution in [3.05, 3.63) is 285 Å². The lowest BCUT2D eigenvalue weighted by molar-refractivity contribution is 1.15. The summed E-state index contributed by atoms with van der Waals surface area (Å²) in [5.41, 5.74) is 18.9. The summed E-state index contributed by atoms with van der Waals surface area (Å²) in [7, 11) is 0. The van der Waals surface area contributed by atoms with Crippen LogP contribution in [-0.4, -0.2) is 15.8 Å². The van der Waals surface area contributed by atoms with Crippen LogP contribution in [-0.2, 0) is 0 Å². The van der Waals surface area contributed by atoms with Crippen molar-refractivity contribution < 1.29 is 0 Å². The standard InChI is InChI=1S/C84H47BN2/c1-4-21-54-48(18-1)40-69(63-30-12-7-24-57(54)63)51-36-39-77-72(43-51)74-45-53(71-42-50-20-3-6-23-56(50)59-26-9-14-32-65(59)71)46-75-82(74)86(77)78-34-17-35-79-81(78)85(75)76-47-52(70-41-49-19-2-5-22-55(49)58-25-8-13-31-64(58)70)44-73-68-38-37-67-62-29-11-10-27-60(62)61-28-15-16-33-66(61)80(67)84(68)87(79)83(73)76/h1-47H.